The molecule has 0 bridgehead atoms. The summed E-state index contributed by atoms with van der Waals surface area (Å²) >= 11 is 0. The first-order valence-corrected chi connectivity index (χ1v) is 5.92. The third-order valence-electron chi connectivity index (χ3n) is 3.19. The van der Waals surface area contributed by atoms with Crippen molar-refractivity contribution in [3.63, 3.8) is 0 Å². The summed E-state index contributed by atoms with van der Waals surface area (Å²) in [5, 5.41) is 11.8. The lowest BCUT2D eigenvalue weighted by atomic mass is 10.0. The van der Waals surface area contributed by atoms with E-state index in [-0.39, 0.29) is 0 Å². The van der Waals surface area contributed by atoms with Crippen LogP contribution in [0, 0.1) is 6.92 Å². The number of hydrogen-bond donors (Lipinski definition) is 1. The average molecular weight is 224 g/mol. The van der Waals surface area contributed by atoms with Crippen LogP contribution in [0.1, 0.15) is 30.9 Å². The fourth-order valence-electron chi connectivity index (χ4n) is 2.26. The molecule has 0 aromatic carbocycles. The van der Waals surface area contributed by atoms with Crippen molar-refractivity contribution in [3.05, 3.63) is 11.6 Å². The first-order chi connectivity index (χ1) is 7.77. The molecule has 1 aromatic rings. The number of ether oxygens (including phenoxy) is 1. The third-order valence-corrected chi connectivity index (χ3v) is 3.19. The zero-order chi connectivity index (χ0) is 11.5. The van der Waals surface area contributed by atoms with Crippen LogP contribution >= 0.6 is 0 Å². The second-order valence-corrected chi connectivity index (χ2v) is 4.30. The van der Waals surface area contributed by atoms with E-state index in [0.29, 0.717) is 12.0 Å². The second kappa shape index (κ2) is 4.93. The smallest absolute Gasteiger partial charge is 0.140 e. The van der Waals surface area contributed by atoms with Crippen molar-refractivity contribution in [1.82, 2.24) is 20.1 Å². The lowest BCUT2D eigenvalue weighted by molar-refractivity contribution is 0.187. The van der Waals surface area contributed by atoms with Crippen molar-refractivity contribution in [2.24, 2.45) is 0 Å². The van der Waals surface area contributed by atoms with E-state index in [9.17, 15) is 0 Å². The molecule has 1 fully saturated rings. The Morgan fingerprint density at radius 2 is 2.25 bits per heavy atom. The summed E-state index contributed by atoms with van der Waals surface area (Å²) in [5.74, 6) is 2.40. The standard InChI is InChI=1S/C11H20N4O/c1-4-5-15-8(2)13-14-11(15)9-6-16-7-10(9)12-3/h9-10,12H,4-7H2,1-3H3. The molecule has 5 heteroatoms. The van der Waals surface area contributed by atoms with Crippen molar-refractivity contribution in [2.45, 2.75) is 38.8 Å². The Morgan fingerprint density at radius 3 is 2.94 bits per heavy atom. The maximum Gasteiger partial charge on any atom is 0.140 e. The molecule has 2 unspecified atom stereocenters. The molecule has 0 aliphatic carbocycles. The number of likely N-dealkylation sites (N-methyl/N-ethyl adjacent to an activating group) is 1. The van der Waals surface area contributed by atoms with E-state index in [1.807, 2.05) is 14.0 Å². The van der Waals surface area contributed by atoms with Gasteiger partial charge >= 0.3 is 0 Å². The lowest BCUT2D eigenvalue weighted by Gasteiger charge is -2.17. The van der Waals surface area contributed by atoms with Gasteiger partial charge in [0.25, 0.3) is 0 Å². The summed E-state index contributed by atoms with van der Waals surface area (Å²) in [6.45, 7) is 6.67. The highest BCUT2D eigenvalue weighted by molar-refractivity contribution is 5.07. The molecule has 0 saturated carbocycles. The van der Waals surface area contributed by atoms with Crippen molar-refractivity contribution in [2.75, 3.05) is 20.3 Å². The van der Waals surface area contributed by atoms with Gasteiger partial charge in [0.15, 0.2) is 0 Å². The van der Waals surface area contributed by atoms with Crippen LogP contribution in [0.2, 0.25) is 0 Å². The SMILES string of the molecule is CCCn1c(C)nnc1C1COCC1NC. The van der Waals surface area contributed by atoms with Gasteiger partial charge in [0, 0.05) is 12.6 Å². The fraction of sp³-hybridized carbons (Fsp3) is 0.818. The van der Waals surface area contributed by atoms with Gasteiger partial charge in [-0.15, -0.1) is 10.2 Å². The largest absolute Gasteiger partial charge is 0.379 e. The summed E-state index contributed by atoms with van der Waals surface area (Å²) < 4.78 is 7.73. The Hall–Kier alpha value is -0.940. The summed E-state index contributed by atoms with van der Waals surface area (Å²) in [5.41, 5.74) is 0. The van der Waals surface area contributed by atoms with Gasteiger partial charge in [0.1, 0.15) is 11.6 Å². The molecule has 2 rings (SSSR count). The highest BCUT2D eigenvalue weighted by atomic mass is 16.5. The van der Waals surface area contributed by atoms with Crippen molar-refractivity contribution < 1.29 is 4.74 Å². The van der Waals surface area contributed by atoms with E-state index < -0.39 is 0 Å². The highest BCUT2D eigenvalue weighted by Crippen LogP contribution is 2.24. The molecular weight excluding hydrogens is 204 g/mol. The van der Waals surface area contributed by atoms with Crippen LogP contribution in [0.3, 0.4) is 0 Å². The highest BCUT2D eigenvalue weighted by Gasteiger charge is 2.32. The molecule has 1 N–H and O–H groups in total. The van der Waals surface area contributed by atoms with E-state index in [1.54, 1.807) is 0 Å². The molecule has 2 atom stereocenters. The predicted molar refractivity (Wildman–Crippen MR) is 61.5 cm³/mol. The maximum atomic E-state index is 5.51. The van der Waals surface area contributed by atoms with Crippen molar-refractivity contribution >= 4 is 0 Å². The first-order valence-electron chi connectivity index (χ1n) is 5.92. The molecule has 2 heterocycles. The topological polar surface area (TPSA) is 52.0 Å². The molecule has 1 aromatic heterocycles. The van der Waals surface area contributed by atoms with Gasteiger partial charge in [-0.25, -0.2) is 0 Å². The van der Waals surface area contributed by atoms with Crippen LogP contribution in [0.25, 0.3) is 0 Å². The lowest BCUT2D eigenvalue weighted by Crippen LogP contribution is -2.32. The van der Waals surface area contributed by atoms with Crippen molar-refractivity contribution in [1.29, 1.82) is 0 Å². The van der Waals surface area contributed by atoms with E-state index >= 15 is 0 Å². The number of hydrogen-bond acceptors (Lipinski definition) is 4. The van der Waals surface area contributed by atoms with Gasteiger partial charge in [0.2, 0.25) is 0 Å². The van der Waals surface area contributed by atoms with Crippen LogP contribution in [0.4, 0.5) is 0 Å². The monoisotopic (exact) mass is 224 g/mol. The average Bonchev–Trinajstić information content (AvgIpc) is 2.87. The minimum atomic E-state index is 0.331. The number of rotatable bonds is 4. The normalized spacial score (nSPS) is 25.2. The fourth-order valence-corrected chi connectivity index (χ4v) is 2.26. The molecule has 1 aliphatic rings. The van der Waals surface area contributed by atoms with Gasteiger partial charge in [-0.05, 0) is 20.4 Å². The van der Waals surface area contributed by atoms with Crippen LogP contribution in [-0.2, 0) is 11.3 Å². The Morgan fingerprint density at radius 1 is 1.44 bits per heavy atom. The van der Waals surface area contributed by atoms with Crippen molar-refractivity contribution in [3.8, 4) is 0 Å². The second-order valence-electron chi connectivity index (χ2n) is 4.30. The van der Waals surface area contributed by atoms with Crippen LogP contribution in [0.5, 0.6) is 0 Å². The molecule has 0 radical (unpaired) electrons. The third kappa shape index (κ3) is 1.97. The Bertz CT molecular complexity index is 350. The Balaban J connectivity index is 2.25. The molecule has 1 saturated heterocycles. The quantitative estimate of drug-likeness (QED) is 0.818. The summed E-state index contributed by atoms with van der Waals surface area (Å²) in [7, 11) is 1.97. The Kier molecular flexibility index (Phi) is 3.56. The minimum Gasteiger partial charge on any atom is -0.379 e. The van der Waals surface area contributed by atoms with Gasteiger partial charge in [-0.2, -0.15) is 0 Å². The predicted octanol–water partition coefficient (Wildman–Crippen LogP) is 0.698. The van der Waals surface area contributed by atoms with E-state index in [2.05, 4.69) is 27.0 Å². The number of nitrogens with zero attached hydrogens (tertiary/aromatic N) is 3. The Labute approximate surface area is 96.2 Å². The summed E-state index contributed by atoms with van der Waals surface area (Å²) in [6, 6.07) is 0.360. The van der Waals surface area contributed by atoms with Gasteiger partial charge < -0.3 is 14.6 Å². The van der Waals surface area contributed by atoms with Crippen LogP contribution in [-0.4, -0.2) is 41.1 Å². The number of nitrogens with one attached hydrogen (secondary N) is 1. The van der Waals surface area contributed by atoms with Crippen LogP contribution < -0.4 is 5.32 Å². The summed E-state index contributed by atoms with van der Waals surface area (Å²) in [6.07, 6.45) is 1.10. The first kappa shape index (κ1) is 11.5. The molecule has 0 spiro atoms. The molecule has 5 nitrogen and oxygen atoms in total. The molecule has 0 amide bonds. The van der Waals surface area contributed by atoms with Gasteiger partial charge in [-0.3, -0.25) is 0 Å². The molecule has 16 heavy (non-hydrogen) atoms. The van der Waals surface area contributed by atoms with E-state index in [4.69, 9.17) is 4.74 Å². The zero-order valence-corrected chi connectivity index (χ0v) is 10.2. The minimum absolute atomic E-state index is 0.331. The maximum absolute atomic E-state index is 5.51. The molecule has 90 valence electrons. The number of aryl methyl sites for hydroxylation is 1. The van der Waals surface area contributed by atoms with E-state index in [0.717, 1.165) is 37.8 Å². The zero-order valence-electron chi connectivity index (χ0n) is 10.2. The number of aromatic nitrogens is 3. The summed E-state index contributed by atoms with van der Waals surface area (Å²) in [4.78, 5) is 0. The van der Waals surface area contributed by atoms with E-state index in [1.165, 1.54) is 0 Å². The van der Waals surface area contributed by atoms with Crippen LogP contribution in [0.15, 0.2) is 0 Å². The van der Waals surface area contributed by atoms with Gasteiger partial charge in [0.05, 0.1) is 19.1 Å². The molecule has 1 aliphatic heterocycles. The molecular formula is C11H20N4O. The van der Waals surface area contributed by atoms with Gasteiger partial charge in [-0.1, -0.05) is 6.92 Å².